The summed E-state index contributed by atoms with van der Waals surface area (Å²) in [6, 6.07) is 8.56. The molecule has 0 saturated heterocycles. The zero-order valence-electron chi connectivity index (χ0n) is 11.2. The van der Waals surface area contributed by atoms with Crippen molar-refractivity contribution in [1.82, 2.24) is 5.32 Å². The number of ether oxygens (including phenoxy) is 1. The molecule has 0 bridgehead atoms. The monoisotopic (exact) mass is 275 g/mol. The smallest absolute Gasteiger partial charge is 0.251 e. The molecule has 5 heteroatoms. The third-order valence-electron chi connectivity index (χ3n) is 2.98. The first-order chi connectivity index (χ1) is 9.70. The van der Waals surface area contributed by atoms with Gasteiger partial charge in [-0.2, -0.15) is 0 Å². The number of rotatable bonds is 6. The molecule has 0 aliphatic heterocycles. The average Bonchev–Trinajstić information content (AvgIpc) is 3.01. The lowest BCUT2D eigenvalue weighted by Crippen LogP contribution is -2.25. The molecule has 0 saturated carbocycles. The number of nitrogens with one attached hydrogen (secondary N) is 1. The van der Waals surface area contributed by atoms with Crippen molar-refractivity contribution in [2.75, 3.05) is 13.7 Å². The molecule has 0 fully saturated rings. The summed E-state index contributed by atoms with van der Waals surface area (Å²) in [6.07, 6.45) is 2.80. The van der Waals surface area contributed by atoms with E-state index in [-0.39, 0.29) is 5.91 Å². The van der Waals surface area contributed by atoms with Crippen molar-refractivity contribution in [3.63, 3.8) is 0 Å². The quantitative estimate of drug-likeness (QED) is 0.847. The Morgan fingerprint density at radius 1 is 1.35 bits per heavy atom. The summed E-state index contributed by atoms with van der Waals surface area (Å²) in [6.45, 7) is 0.386. The number of hydrogen-bond donors (Lipinski definition) is 2. The van der Waals surface area contributed by atoms with Crippen molar-refractivity contribution in [2.24, 2.45) is 0 Å². The molecular formula is C15H17NO4. The van der Waals surface area contributed by atoms with Crippen LogP contribution >= 0.6 is 0 Å². The highest BCUT2D eigenvalue weighted by molar-refractivity contribution is 5.94. The predicted molar refractivity (Wildman–Crippen MR) is 73.6 cm³/mol. The summed E-state index contributed by atoms with van der Waals surface area (Å²) >= 11 is 0. The van der Waals surface area contributed by atoms with Crippen molar-refractivity contribution < 1.29 is 19.1 Å². The Kier molecular flexibility index (Phi) is 4.79. The van der Waals surface area contributed by atoms with Gasteiger partial charge in [0.1, 0.15) is 5.75 Å². The van der Waals surface area contributed by atoms with Crippen LogP contribution in [0.1, 0.15) is 28.4 Å². The summed E-state index contributed by atoms with van der Waals surface area (Å²) < 4.78 is 9.92. The van der Waals surface area contributed by atoms with Crippen molar-refractivity contribution >= 4 is 5.91 Å². The SMILES string of the molecule is COc1ccc(C(=O)NCC[C@@H](O)c2ccoc2)cc1. The van der Waals surface area contributed by atoms with Gasteiger partial charge in [-0.15, -0.1) is 0 Å². The minimum Gasteiger partial charge on any atom is -0.497 e. The maximum atomic E-state index is 11.9. The van der Waals surface area contributed by atoms with Crippen molar-refractivity contribution in [1.29, 1.82) is 0 Å². The highest BCUT2D eigenvalue weighted by Crippen LogP contribution is 2.16. The zero-order valence-corrected chi connectivity index (χ0v) is 11.2. The van der Waals surface area contributed by atoms with Gasteiger partial charge >= 0.3 is 0 Å². The molecule has 1 amide bonds. The summed E-state index contributed by atoms with van der Waals surface area (Å²) in [5, 5.41) is 12.6. The van der Waals surface area contributed by atoms with Crippen LogP contribution in [0, 0.1) is 0 Å². The van der Waals surface area contributed by atoms with Crippen LogP contribution in [-0.4, -0.2) is 24.7 Å². The highest BCUT2D eigenvalue weighted by atomic mass is 16.5. The largest absolute Gasteiger partial charge is 0.497 e. The molecule has 2 aromatic rings. The molecule has 0 aliphatic rings. The van der Waals surface area contributed by atoms with Crippen LogP contribution in [0.3, 0.4) is 0 Å². The molecular weight excluding hydrogens is 258 g/mol. The molecule has 0 spiro atoms. The van der Waals surface area contributed by atoms with E-state index in [2.05, 4.69) is 5.32 Å². The Bertz CT molecular complexity index is 534. The molecule has 0 unspecified atom stereocenters. The zero-order chi connectivity index (χ0) is 14.4. The summed E-state index contributed by atoms with van der Waals surface area (Å²) in [5.74, 6) is 0.531. The molecule has 1 heterocycles. The number of methoxy groups -OCH3 is 1. The molecule has 20 heavy (non-hydrogen) atoms. The molecule has 2 rings (SSSR count). The van der Waals surface area contributed by atoms with E-state index in [4.69, 9.17) is 9.15 Å². The van der Waals surface area contributed by atoms with E-state index in [0.717, 1.165) is 0 Å². The molecule has 106 valence electrons. The molecule has 0 aliphatic carbocycles. The van der Waals surface area contributed by atoms with Gasteiger partial charge in [-0.1, -0.05) is 0 Å². The number of amides is 1. The van der Waals surface area contributed by atoms with Gasteiger partial charge < -0.3 is 19.6 Å². The van der Waals surface area contributed by atoms with Crippen LogP contribution in [-0.2, 0) is 0 Å². The standard InChI is InChI=1S/C15H17NO4/c1-19-13-4-2-11(3-5-13)15(18)16-8-6-14(17)12-7-9-20-10-12/h2-5,7,9-10,14,17H,6,8H2,1H3,(H,16,18)/t14-/m1/s1. The minimum atomic E-state index is -0.634. The van der Waals surface area contributed by atoms with E-state index in [1.54, 1.807) is 37.4 Å². The maximum absolute atomic E-state index is 11.9. The van der Waals surface area contributed by atoms with Crippen LogP contribution in [0.5, 0.6) is 5.75 Å². The van der Waals surface area contributed by atoms with Crippen LogP contribution < -0.4 is 10.1 Å². The number of aliphatic hydroxyl groups is 1. The third-order valence-corrected chi connectivity index (χ3v) is 2.98. The fourth-order valence-corrected chi connectivity index (χ4v) is 1.80. The topological polar surface area (TPSA) is 71.7 Å². The number of furan rings is 1. The fraction of sp³-hybridized carbons (Fsp3) is 0.267. The van der Waals surface area contributed by atoms with E-state index < -0.39 is 6.10 Å². The van der Waals surface area contributed by atoms with Gasteiger partial charge in [0.05, 0.1) is 25.7 Å². The van der Waals surface area contributed by atoms with E-state index in [0.29, 0.717) is 29.8 Å². The first-order valence-corrected chi connectivity index (χ1v) is 6.33. The number of benzene rings is 1. The second kappa shape index (κ2) is 6.77. The second-order valence-electron chi connectivity index (χ2n) is 4.35. The van der Waals surface area contributed by atoms with E-state index >= 15 is 0 Å². The molecule has 0 radical (unpaired) electrons. The fourth-order valence-electron chi connectivity index (χ4n) is 1.80. The first-order valence-electron chi connectivity index (χ1n) is 6.33. The lowest BCUT2D eigenvalue weighted by atomic mass is 10.1. The lowest BCUT2D eigenvalue weighted by Gasteiger charge is -2.09. The molecule has 1 atom stereocenters. The van der Waals surface area contributed by atoms with Crippen LogP contribution in [0.25, 0.3) is 0 Å². The minimum absolute atomic E-state index is 0.174. The Hall–Kier alpha value is -2.27. The average molecular weight is 275 g/mol. The maximum Gasteiger partial charge on any atom is 0.251 e. The molecule has 1 aromatic carbocycles. The van der Waals surface area contributed by atoms with E-state index in [1.807, 2.05) is 0 Å². The van der Waals surface area contributed by atoms with Gasteiger partial charge in [-0.25, -0.2) is 0 Å². The van der Waals surface area contributed by atoms with E-state index in [1.165, 1.54) is 12.5 Å². The number of carbonyl (C=O) groups excluding carboxylic acids is 1. The summed E-state index contributed by atoms with van der Waals surface area (Å²) in [7, 11) is 1.58. The van der Waals surface area contributed by atoms with Crippen molar-refractivity contribution in [3.05, 3.63) is 54.0 Å². The van der Waals surface area contributed by atoms with Crippen LogP contribution in [0.2, 0.25) is 0 Å². The van der Waals surface area contributed by atoms with Gasteiger partial charge in [0.2, 0.25) is 0 Å². The van der Waals surface area contributed by atoms with Gasteiger partial charge in [0, 0.05) is 17.7 Å². The Morgan fingerprint density at radius 2 is 2.10 bits per heavy atom. The van der Waals surface area contributed by atoms with Gasteiger partial charge in [-0.05, 0) is 36.8 Å². The predicted octanol–water partition coefficient (Wildman–Crippen LogP) is 2.14. The van der Waals surface area contributed by atoms with E-state index in [9.17, 15) is 9.90 Å². The third kappa shape index (κ3) is 3.61. The van der Waals surface area contributed by atoms with Crippen molar-refractivity contribution in [3.8, 4) is 5.75 Å². The Balaban J connectivity index is 1.80. The first kappa shape index (κ1) is 14.1. The molecule has 2 N–H and O–H groups in total. The molecule has 5 nitrogen and oxygen atoms in total. The normalized spacial score (nSPS) is 11.9. The van der Waals surface area contributed by atoms with Gasteiger partial charge in [0.25, 0.3) is 5.91 Å². The summed E-state index contributed by atoms with van der Waals surface area (Å²) in [5.41, 5.74) is 1.27. The number of carbonyl (C=O) groups is 1. The van der Waals surface area contributed by atoms with Crippen molar-refractivity contribution in [2.45, 2.75) is 12.5 Å². The highest BCUT2D eigenvalue weighted by Gasteiger charge is 2.10. The second-order valence-corrected chi connectivity index (χ2v) is 4.35. The van der Waals surface area contributed by atoms with Gasteiger partial charge in [0.15, 0.2) is 0 Å². The van der Waals surface area contributed by atoms with Crippen LogP contribution in [0.4, 0.5) is 0 Å². The van der Waals surface area contributed by atoms with Crippen LogP contribution in [0.15, 0.2) is 47.3 Å². The summed E-state index contributed by atoms with van der Waals surface area (Å²) in [4.78, 5) is 11.9. The number of aliphatic hydroxyl groups excluding tert-OH is 1. The Morgan fingerprint density at radius 3 is 2.70 bits per heavy atom. The van der Waals surface area contributed by atoms with Gasteiger partial charge in [-0.3, -0.25) is 4.79 Å². The molecule has 1 aromatic heterocycles. The number of hydrogen-bond acceptors (Lipinski definition) is 4. The lowest BCUT2D eigenvalue weighted by molar-refractivity contribution is 0.0942. The Labute approximate surface area is 117 Å².